The zero-order valence-corrected chi connectivity index (χ0v) is 12.2. The number of nitriles is 1. The lowest BCUT2D eigenvalue weighted by Gasteiger charge is -2.30. The molecule has 0 aromatic heterocycles. The van der Waals surface area contributed by atoms with Crippen molar-refractivity contribution in [3.8, 4) is 11.8 Å². The van der Waals surface area contributed by atoms with Gasteiger partial charge in [-0.2, -0.15) is 17.0 Å². The van der Waals surface area contributed by atoms with Gasteiger partial charge < -0.3 is 4.74 Å². The van der Waals surface area contributed by atoms with E-state index in [4.69, 9.17) is 10.00 Å². The Balaban J connectivity index is 1.71. The lowest BCUT2D eigenvalue weighted by Crippen LogP contribution is -2.39. The minimum Gasteiger partial charge on any atom is -0.492 e. The minimum absolute atomic E-state index is 0.462. The first-order valence-electron chi connectivity index (χ1n) is 6.70. The van der Waals surface area contributed by atoms with Gasteiger partial charge in [-0.3, -0.25) is 4.90 Å². The molecule has 1 aromatic rings. The smallest absolute Gasteiger partial charge is 0.119 e. The van der Waals surface area contributed by atoms with Crippen LogP contribution in [0.3, 0.4) is 0 Å². The molecule has 0 amide bonds. The van der Waals surface area contributed by atoms with E-state index in [1.807, 2.05) is 36.0 Å². The van der Waals surface area contributed by atoms with Crippen molar-refractivity contribution in [2.75, 3.05) is 32.0 Å². The topological polar surface area (TPSA) is 36.3 Å². The van der Waals surface area contributed by atoms with E-state index >= 15 is 0 Å². The molecule has 102 valence electrons. The number of rotatable bonds is 5. The first kappa shape index (κ1) is 14.2. The standard InChI is InChI=1S/C15H20N2OS/c1-13-12-17(9-11-19-13)8-10-18-15-4-2-14(3-5-15)6-7-16/h2-5,13H,6,8-12H2,1H3. The van der Waals surface area contributed by atoms with Crippen molar-refractivity contribution in [3.63, 3.8) is 0 Å². The summed E-state index contributed by atoms with van der Waals surface area (Å²) in [5, 5.41) is 9.34. The second-order valence-electron chi connectivity index (χ2n) is 4.81. The highest BCUT2D eigenvalue weighted by molar-refractivity contribution is 7.99. The molecule has 0 aliphatic carbocycles. The highest BCUT2D eigenvalue weighted by Crippen LogP contribution is 2.17. The van der Waals surface area contributed by atoms with E-state index in [2.05, 4.69) is 17.9 Å². The number of thioether (sulfide) groups is 1. The number of ether oxygens (including phenoxy) is 1. The quantitative estimate of drug-likeness (QED) is 0.828. The van der Waals surface area contributed by atoms with E-state index in [1.165, 1.54) is 12.3 Å². The average Bonchev–Trinajstić information content (AvgIpc) is 2.41. The van der Waals surface area contributed by atoms with Crippen molar-refractivity contribution in [2.45, 2.75) is 18.6 Å². The van der Waals surface area contributed by atoms with Crippen LogP contribution < -0.4 is 4.74 Å². The Hall–Kier alpha value is -1.18. The number of benzene rings is 1. The van der Waals surface area contributed by atoms with E-state index in [1.54, 1.807) is 0 Å². The Bertz CT molecular complexity index is 427. The van der Waals surface area contributed by atoms with Crippen LogP contribution in [-0.2, 0) is 6.42 Å². The van der Waals surface area contributed by atoms with Crippen LogP contribution in [0.4, 0.5) is 0 Å². The molecular weight excluding hydrogens is 256 g/mol. The Morgan fingerprint density at radius 2 is 2.21 bits per heavy atom. The Morgan fingerprint density at radius 3 is 2.89 bits per heavy atom. The van der Waals surface area contributed by atoms with Crippen molar-refractivity contribution in [1.82, 2.24) is 4.90 Å². The minimum atomic E-state index is 0.462. The van der Waals surface area contributed by atoms with Crippen LogP contribution in [-0.4, -0.2) is 42.1 Å². The van der Waals surface area contributed by atoms with Crippen molar-refractivity contribution >= 4 is 11.8 Å². The summed E-state index contributed by atoms with van der Waals surface area (Å²) in [5.74, 6) is 2.12. The molecule has 0 bridgehead atoms. The molecule has 1 saturated heterocycles. The van der Waals surface area contributed by atoms with Crippen LogP contribution in [0.5, 0.6) is 5.75 Å². The van der Waals surface area contributed by atoms with Crippen molar-refractivity contribution in [3.05, 3.63) is 29.8 Å². The van der Waals surface area contributed by atoms with E-state index in [0.29, 0.717) is 6.42 Å². The predicted molar refractivity (Wildman–Crippen MR) is 79.6 cm³/mol. The normalized spacial score (nSPS) is 19.9. The van der Waals surface area contributed by atoms with Crippen molar-refractivity contribution in [1.29, 1.82) is 5.26 Å². The second kappa shape index (κ2) is 7.42. The summed E-state index contributed by atoms with van der Waals surface area (Å²) in [6.07, 6.45) is 0.462. The molecule has 1 aromatic carbocycles. The van der Waals surface area contributed by atoms with E-state index in [0.717, 1.165) is 36.3 Å². The van der Waals surface area contributed by atoms with Gasteiger partial charge in [-0.1, -0.05) is 19.1 Å². The maximum Gasteiger partial charge on any atom is 0.119 e. The van der Waals surface area contributed by atoms with E-state index < -0.39 is 0 Å². The lowest BCUT2D eigenvalue weighted by molar-refractivity contribution is 0.215. The molecule has 2 rings (SSSR count). The highest BCUT2D eigenvalue weighted by Gasteiger charge is 2.15. The van der Waals surface area contributed by atoms with Gasteiger partial charge in [-0.05, 0) is 17.7 Å². The zero-order valence-electron chi connectivity index (χ0n) is 11.3. The molecule has 1 heterocycles. The van der Waals surface area contributed by atoms with E-state index in [-0.39, 0.29) is 0 Å². The Morgan fingerprint density at radius 1 is 1.42 bits per heavy atom. The van der Waals surface area contributed by atoms with Crippen LogP contribution >= 0.6 is 11.8 Å². The monoisotopic (exact) mass is 276 g/mol. The second-order valence-corrected chi connectivity index (χ2v) is 6.36. The molecule has 19 heavy (non-hydrogen) atoms. The van der Waals surface area contributed by atoms with Gasteiger partial charge in [-0.25, -0.2) is 0 Å². The zero-order chi connectivity index (χ0) is 13.5. The summed E-state index contributed by atoms with van der Waals surface area (Å²) in [4.78, 5) is 2.46. The molecule has 3 nitrogen and oxygen atoms in total. The summed E-state index contributed by atoms with van der Waals surface area (Å²) in [7, 11) is 0. The first-order valence-corrected chi connectivity index (χ1v) is 7.75. The molecule has 1 fully saturated rings. The van der Waals surface area contributed by atoms with E-state index in [9.17, 15) is 0 Å². The third-order valence-corrected chi connectivity index (χ3v) is 4.34. The van der Waals surface area contributed by atoms with Crippen LogP contribution in [0, 0.1) is 11.3 Å². The fraction of sp³-hybridized carbons (Fsp3) is 0.533. The third-order valence-electron chi connectivity index (χ3n) is 3.21. The van der Waals surface area contributed by atoms with Gasteiger partial charge in [0.1, 0.15) is 12.4 Å². The molecule has 1 atom stereocenters. The van der Waals surface area contributed by atoms with Gasteiger partial charge in [0, 0.05) is 30.6 Å². The van der Waals surface area contributed by atoms with Crippen molar-refractivity contribution < 1.29 is 4.74 Å². The Labute approximate surface area is 119 Å². The van der Waals surface area contributed by atoms with Gasteiger partial charge in [-0.15, -0.1) is 0 Å². The van der Waals surface area contributed by atoms with Gasteiger partial charge >= 0.3 is 0 Å². The Kier molecular flexibility index (Phi) is 5.56. The highest BCUT2D eigenvalue weighted by atomic mass is 32.2. The van der Waals surface area contributed by atoms with Gasteiger partial charge in [0.05, 0.1) is 12.5 Å². The summed E-state index contributed by atoms with van der Waals surface area (Å²) < 4.78 is 5.75. The van der Waals surface area contributed by atoms with Crippen molar-refractivity contribution in [2.24, 2.45) is 0 Å². The number of nitrogens with zero attached hydrogens (tertiary/aromatic N) is 2. The van der Waals surface area contributed by atoms with Crippen LogP contribution in [0.25, 0.3) is 0 Å². The van der Waals surface area contributed by atoms with Crippen LogP contribution in [0.15, 0.2) is 24.3 Å². The van der Waals surface area contributed by atoms with Crippen LogP contribution in [0.1, 0.15) is 12.5 Å². The van der Waals surface area contributed by atoms with Gasteiger partial charge in [0.15, 0.2) is 0 Å². The first-order chi connectivity index (χ1) is 9.28. The van der Waals surface area contributed by atoms with Crippen LogP contribution in [0.2, 0.25) is 0 Å². The molecule has 1 aliphatic heterocycles. The molecule has 1 unspecified atom stereocenters. The summed E-state index contributed by atoms with van der Waals surface area (Å²) in [6.45, 7) is 6.33. The number of hydrogen-bond donors (Lipinski definition) is 0. The molecule has 1 aliphatic rings. The third kappa shape index (κ3) is 4.77. The van der Waals surface area contributed by atoms with Gasteiger partial charge in [0.25, 0.3) is 0 Å². The molecule has 0 radical (unpaired) electrons. The molecule has 0 spiro atoms. The molecule has 4 heteroatoms. The fourth-order valence-corrected chi connectivity index (χ4v) is 3.26. The largest absolute Gasteiger partial charge is 0.492 e. The summed E-state index contributed by atoms with van der Waals surface area (Å²) in [5.41, 5.74) is 1.04. The average molecular weight is 276 g/mol. The summed E-state index contributed by atoms with van der Waals surface area (Å²) in [6, 6.07) is 9.95. The SMILES string of the molecule is CC1CN(CCOc2ccc(CC#N)cc2)CCS1. The number of hydrogen-bond acceptors (Lipinski definition) is 4. The molecular formula is C15H20N2OS. The van der Waals surface area contributed by atoms with Gasteiger partial charge in [0.2, 0.25) is 0 Å². The molecule has 0 N–H and O–H groups in total. The molecule has 0 saturated carbocycles. The maximum atomic E-state index is 8.61. The lowest BCUT2D eigenvalue weighted by atomic mass is 10.2. The maximum absolute atomic E-state index is 8.61. The summed E-state index contributed by atoms with van der Waals surface area (Å²) >= 11 is 2.05. The fourth-order valence-electron chi connectivity index (χ4n) is 2.18. The predicted octanol–water partition coefficient (Wildman–Crippen LogP) is 2.57.